The van der Waals surface area contributed by atoms with E-state index in [9.17, 15) is 4.79 Å². The summed E-state index contributed by atoms with van der Waals surface area (Å²) in [6.45, 7) is 10.3. The Morgan fingerprint density at radius 3 is 2.25 bits per heavy atom. The van der Waals surface area contributed by atoms with E-state index < -0.39 is 5.54 Å². The summed E-state index contributed by atoms with van der Waals surface area (Å²) in [4.78, 5) is 15.1. The van der Waals surface area contributed by atoms with Crippen LogP contribution in [0.15, 0.2) is 29.4 Å². The van der Waals surface area contributed by atoms with E-state index in [1.165, 1.54) is 0 Å². The zero-order chi connectivity index (χ0) is 21.0. The zero-order valence-corrected chi connectivity index (χ0v) is 17.8. The molecule has 1 rings (SSSR count). The van der Waals surface area contributed by atoms with Gasteiger partial charge in [-0.3, -0.25) is 4.79 Å². The minimum atomic E-state index is -0.630. The summed E-state index contributed by atoms with van der Waals surface area (Å²) in [5.41, 5.74) is 9.62. The van der Waals surface area contributed by atoms with Crippen LogP contribution in [0.2, 0.25) is 0 Å². The number of benzene rings is 1. The summed E-state index contributed by atoms with van der Waals surface area (Å²) >= 11 is 0. The van der Waals surface area contributed by atoms with Crippen molar-refractivity contribution in [2.24, 2.45) is 5.11 Å². The molecule has 0 spiro atoms. The molecule has 0 aliphatic heterocycles. The fraction of sp³-hybridized carbons (Fsp3) is 0.667. The quantitative estimate of drug-likeness (QED) is 0.165. The molecule has 1 aromatic carbocycles. The van der Waals surface area contributed by atoms with Crippen molar-refractivity contribution < 1.29 is 14.3 Å². The number of azide groups is 1. The summed E-state index contributed by atoms with van der Waals surface area (Å²) in [6.07, 6.45) is 2.06. The van der Waals surface area contributed by atoms with Crippen molar-refractivity contribution in [1.29, 1.82) is 0 Å². The lowest BCUT2D eigenvalue weighted by Crippen LogP contribution is -2.37. The van der Waals surface area contributed by atoms with E-state index in [2.05, 4.69) is 29.2 Å². The second-order valence-corrected chi connectivity index (χ2v) is 7.96. The summed E-state index contributed by atoms with van der Waals surface area (Å²) < 4.78 is 11.1. The molecule has 156 valence electrons. The number of Topliss-reactive ketones (excluding diaryl/α,β-unsaturated/α-hetero) is 1. The molecule has 0 amide bonds. The van der Waals surface area contributed by atoms with Crippen LogP contribution >= 0.6 is 0 Å². The second-order valence-electron chi connectivity index (χ2n) is 7.96. The molecule has 0 bridgehead atoms. The van der Waals surface area contributed by atoms with Crippen LogP contribution in [0.25, 0.3) is 10.4 Å². The molecule has 0 fully saturated rings. The van der Waals surface area contributed by atoms with Gasteiger partial charge in [-0.05, 0) is 44.8 Å². The third-order valence-electron chi connectivity index (χ3n) is 4.82. The van der Waals surface area contributed by atoms with Crippen LogP contribution in [0.3, 0.4) is 0 Å². The van der Waals surface area contributed by atoms with Crippen LogP contribution in [0.5, 0.6) is 0 Å². The lowest BCUT2D eigenvalue weighted by molar-refractivity contribution is 0.0398. The van der Waals surface area contributed by atoms with E-state index in [0.717, 1.165) is 12.0 Å². The van der Waals surface area contributed by atoms with Crippen molar-refractivity contribution in [2.75, 3.05) is 33.5 Å². The number of carbonyl (C=O) groups is 1. The molecule has 1 N–H and O–H groups in total. The molecule has 0 saturated heterocycles. The highest BCUT2D eigenvalue weighted by atomic mass is 16.5. The van der Waals surface area contributed by atoms with Gasteiger partial charge in [-0.25, -0.2) is 0 Å². The van der Waals surface area contributed by atoms with Crippen molar-refractivity contribution in [3.05, 3.63) is 45.8 Å². The van der Waals surface area contributed by atoms with Crippen LogP contribution in [0, 0.1) is 0 Å². The van der Waals surface area contributed by atoms with Crippen LogP contribution in [-0.4, -0.2) is 44.8 Å². The Balaban J connectivity index is 2.21. The van der Waals surface area contributed by atoms with E-state index in [1.54, 1.807) is 12.1 Å². The molecule has 1 aromatic rings. The highest BCUT2D eigenvalue weighted by molar-refractivity contribution is 5.96. The Labute approximate surface area is 168 Å². The maximum Gasteiger partial charge on any atom is 0.162 e. The van der Waals surface area contributed by atoms with Crippen molar-refractivity contribution in [3.8, 4) is 0 Å². The Morgan fingerprint density at radius 2 is 1.68 bits per heavy atom. The largest absolute Gasteiger partial charge is 0.379 e. The third-order valence-corrected chi connectivity index (χ3v) is 4.82. The van der Waals surface area contributed by atoms with Gasteiger partial charge in [0.15, 0.2) is 5.78 Å². The van der Waals surface area contributed by atoms with Gasteiger partial charge < -0.3 is 14.8 Å². The van der Waals surface area contributed by atoms with E-state index >= 15 is 0 Å². The summed E-state index contributed by atoms with van der Waals surface area (Å²) in [6, 6.07) is 7.25. The Kier molecular flexibility index (Phi) is 10.2. The van der Waals surface area contributed by atoms with Gasteiger partial charge in [0, 0.05) is 35.6 Å². The van der Waals surface area contributed by atoms with E-state index in [-0.39, 0.29) is 11.3 Å². The number of ketones is 1. The molecule has 28 heavy (non-hydrogen) atoms. The normalized spacial score (nSPS) is 11.9. The maximum absolute atomic E-state index is 12.3. The van der Waals surface area contributed by atoms with Crippen LogP contribution < -0.4 is 5.32 Å². The Hall–Kier alpha value is -1.92. The number of ether oxygens (including phenoxy) is 2. The van der Waals surface area contributed by atoms with Crippen molar-refractivity contribution in [2.45, 2.75) is 58.0 Å². The van der Waals surface area contributed by atoms with Crippen molar-refractivity contribution in [1.82, 2.24) is 5.32 Å². The average Bonchev–Trinajstić information content (AvgIpc) is 2.66. The highest BCUT2D eigenvalue weighted by Gasteiger charge is 2.18. The number of carbonyl (C=O) groups excluding carboxylic acids is 1. The van der Waals surface area contributed by atoms with Gasteiger partial charge in [0.2, 0.25) is 0 Å². The number of rotatable bonds is 14. The summed E-state index contributed by atoms with van der Waals surface area (Å²) in [5.74, 6) is 0.0855. The molecule has 0 saturated carbocycles. The lowest BCUT2D eigenvalue weighted by atomic mass is 9.93. The molecule has 0 aliphatic rings. The zero-order valence-electron chi connectivity index (χ0n) is 17.8. The first-order valence-electron chi connectivity index (χ1n) is 9.76. The second kappa shape index (κ2) is 11.8. The van der Waals surface area contributed by atoms with E-state index in [1.807, 2.05) is 33.0 Å². The smallest absolute Gasteiger partial charge is 0.162 e. The summed E-state index contributed by atoms with van der Waals surface area (Å²) in [5, 5.41) is 7.02. The average molecular weight is 391 g/mol. The maximum atomic E-state index is 12.3. The Morgan fingerprint density at radius 1 is 1.07 bits per heavy atom. The highest BCUT2D eigenvalue weighted by Crippen LogP contribution is 2.25. The molecule has 0 atom stereocenters. The van der Waals surface area contributed by atoms with E-state index in [0.29, 0.717) is 44.8 Å². The van der Waals surface area contributed by atoms with Gasteiger partial charge in [-0.15, -0.1) is 0 Å². The molecular formula is C21H34N4O3. The number of hydrogen-bond donors (Lipinski definition) is 1. The van der Waals surface area contributed by atoms with Gasteiger partial charge in [-0.1, -0.05) is 43.2 Å². The predicted molar refractivity (Wildman–Crippen MR) is 112 cm³/mol. The van der Waals surface area contributed by atoms with Crippen molar-refractivity contribution in [3.63, 3.8) is 0 Å². The van der Waals surface area contributed by atoms with Crippen molar-refractivity contribution >= 4 is 5.78 Å². The SMILES string of the molecule is CNC(C)(C)CCOCCOCCCC(=O)c1ccc(C(C)(C)N=[N+]=[N-])cc1. The van der Waals surface area contributed by atoms with Gasteiger partial charge in [0.25, 0.3) is 0 Å². The minimum Gasteiger partial charge on any atom is -0.379 e. The van der Waals surface area contributed by atoms with Crippen LogP contribution in [0.4, 0.5) is 0 Å². The third kappa shape index (κ3) is 8.85. The standard InChI is InChI=1S/C21H34N4O3/c1-20(2,23-5)12-14-28-16-15-27-13-6-7-19(26)17-8-10-18(11-9-17)21(3,4)24-25-22/h8-11,23H,6-7,12-16H2,1-5H3. The fourth-order valence-corrected chi connectivity index (χ4v) is 2.49. The number of nitrogens with one attached hydrogen (secondary N) is 1. The first-order valence-corrected chi connectivity index (χ1v) is 9.76. The van der Waals surface area contributed by atoms with Crippen LogP contribution in [-0.2, 0) is 15.0 Å². The lowest BCUT2D eigenvalue weighted by Gasteiger charge is -2.23. The van der Waals surface area contributed by atoms with Gasteiger partial charge >= 0.3 is 0 Å². The van der Waals surface area contributed by atoms with Gasteiger partial charge in [0.05, 0.1) is 18.8 Å². The van der Waals surface area contributed by atoms with Gasteiger partial charge in [-0.2, -0.15) is 0 Å². The molecule has 7 nitrogen and oxygen atoms in total. The molecule has 0 unspecified atom stereocenters. The molecule has 7 heteroatoms. The molecule has 0 radical (unpaired) electrons. The fourth-order valence-electron chi connectivity index (χ4n) is 2.49. The first-order chi connectivity index (χ1) is 13.2. The molecule has 0 aliphatic carbocycles. The molecular weight excluding hydrogens is 356 g/mol. The Bertz CT molecular complexity index is 650. The molecule has 0 heterocycles. The molecule has 0 aromatic heterocycles. The number of nitrogens with zero attached hydrogens (tertiary/aromatic N) is 3. The number of hydrogen-bond acceptors (Lipinski definition) is 5. The van der Waals surface area contributed by atoms with Gasteiger partial charge in [0.1, 0.15) is 0 Å². The van der Waals surface area contributed by atoms with E-state index in [4.69, 9.17) is 15.0 Å². The first kappa shape index (κ1) is 24.1. The summed E-state index contributed by atoms with van der Waals surface area (Å²) in [7, 11) is 1.95. The predicted octanol–water partition coefficient (Wildman–Crippen LogP) is 4.62. The monoisotopic (exact) mass is 390 g/mol. The van der Waals surface area contributed by atoms with Crippen LogP contribution in [0.1, 0.15) is 62.9 Å². The topological polar surface area (TPSA) is 96.3 Å². The minimum absolute atomic E-state index is 0.0815.